The van der Waals surface area contributed by atoms with Crippen molar-refractivity contribution in [1.82, 2.24) is 4.57 Å². The molecule has 0 saturated heterocycles. The lowest BCUT2D eigenvalue weighted by atomic mass is 9.96. The number of esters is 1. The highest BCUT2D eigenvalue weighted by Gasteiger charge is 2.33. The number of allylic oxidation sites excluding steroid dienone is 1. The van der Waals surface area contributed by atoms with Gasteiger partial charge < -0.3 is 9.84 Å². The van der Waals surface area contributed by atoms with Crippen LogP contribution in [0.4, 0.5) is 0 Å². The van der Waals surface area contributed by atoms with Crippen molar-refractivity contribution in [2.24, 2.45) is 4.99 Å². The zero-order chi connectivity index (χ0) is 23.0. The van der Waals surface area contributed by atoms with Gasteiger partial charge in [0.05, 0.1) is 28.5 Å². The molecule has 0 aliphatic carbocycles. The molecule has 1 aliphatic heterocycles. The van der Waals surface area contributed by atoms with Crippen molar-refractivity contribution in [2.75, 3.05) is 6.61 Å². The molecule has 164 valence electrons. The van der Waals surface area contributed by atoms with Crippen LogP contribution in [0, 0.1) is 0 Å². The molecule has 2 heterocycles. The highest BCUT2D eigenvalue weighted by Crippen LogP contribution is 2.31. The van der Waals surface area contributed by atoms with Gasteiger partial charge in [0.15, 0.2) is 4.80 Å². The molecule has 0 amide bonds. The molecular weight excluding hydrogens is 471 g/mol. The van der Waals surface area contributed by atoms with E-state index in [9.17, 15) is 14.7 Å². The summed E-state index contributed by atoms with van der Waals surface area (Å²) in [4.78, 5) is 31.2. The molecule has 0 bridgehead atoms. The maximum Gasteiger partial charge on any atom is 0.338 e. The van der Waals surface area contributed by atoms with Crippen molar-refractivity contribution in [3.8, 4) is 5.75 Å². The van der Waals surface area contributed by atoms with Crippen molar-refractivity contribution >= 4 is 46.6 Å². The van der Waals surface area contributed by atoms with Crippen molar-refractivity contribution in [1.29, 1.82) is 0 Å². The van der Waals surface area contributed by atoms with Crippen LogP contribution in [0.1, 0.15) is 31.0 Å². The van der Waals surface area contributed by atoms with Gasteiger partial charge in [0.1, 0.15) is 5.75 Å². The Bertz CT molecular complexity index is 1420. The highest BCUT2D eigenvalue weighted by molar-refractivity contribution is 7.07. The van der Waals surface area contributed by atoms with E-state index < -0.39 is 12.0 Å². The number of rotatable bonds is 4. The molecular formula is C23H18Cl2N2O4S. The molecule has 0 spiro atoms. The Morgan fingerprint density at radius 2 is 1.91 bits per heavy atom. The minimum absolute atomic E-state index is 0.00196. The first-order valence-corrected chi connectivity index (χ1v) is 11.3. The van der Waals surface area contributed by atoms with E-state index in [-0.39, 0.29) is 17.9 Å². The zero-order valence-corrected chi connectivity index (χ0v) is 19.5. The Labute approximate surface area is 197 Å². The molecule has 1 aromatic heterocycles. The lowest BCUT2D eigenvalue weighted by Crippen LogP contribution is -2.39. The van der Waals surface area contributed by atoms with E-state index in [1.807, 2.05) is 0 Å². The minimum Gasteiger partial charge on any atom is -0.507 e. The van der Waals surface area contributed by atoms with E-state index in [1.54, 1.807) is 56.3 Å². The molecule has 9 heteroatoms. The smallest absolute Gasteiger partial charge is 0.338 e. The molecule has 1 aliphatic rings. The SMILES string of the molecule is CCOC(=O)C1=C(C)N=c2sc(=Cc3cc(Cl)ccc3O)c(=O)n2[C@H]1c1ccc(Cl)cc1. The van der Waals surface area contributed by atoms with Crippen molar-refractivity contribution in [3.63, 3.8) is 0 Å². The monoisotopic (exact) mass is 488 g/mol. The number of phenolic OH excluding ortho intramolecular Hbond substituents is 1. The number of hydrogen-bond acceptors (Lipinski definition) is 6. The summed E-state index contributed by atoms with van der Waals surface area (Å²) in [7, 11) is 0. The second-order valence-corrected chi connectivity index (χ2v) is 8.94. The molecule has 4 rings (SSSR count). The van der Waals surface area contributed by atoms with E-state index in [0.29, 0.717) is 41.8 Å². The van der Waals surface area contributed by atoms with Gasteiger partial charge in [-0.15, -0.1) is 0 Å². The normalized spacial score (nSPS) is 16.0. The summed E-state index contributed by atoms with van der Waals surface area (Å²) < 4.78 is 7.08. The number of carbonyl (C=O) groups excluding carboxylic acids is 1. The molecule has 0 radical (unpaired) electrons. The fourth-order valence-corrected chi connectivity index (χ4v) is 4.88. The quantitative estimate of drug-likeness (QED) is 0.566. The molecule has 1 atom stereocenters. The van der Waals surface area contributed by atoms with Crippen LogP contribution in [0.15, 0.2) is 63.5 Å². The number of thiazole rings is 1. The lowest BCUT2D eigenvalue weighted by Gasteiger charge is -2.24. The summed E-state index contributed by atoms with van der Waals surface area (Å²) in [6.07, 6.45) is 1.56. The van der Waals surface area contributed by atoms with Gasteiger partial charge in [0.2, 0.25) is 0 Å². The van der Waals surface area contributed by atoms with Crippen LogP contribution in [-0.4, -0.2) is 22.2 Å². The van der Waals surface area contributed by atoms with Gasteiger partial charge in [-0.1, -0.05) is 46.7 Å². The van der Waals surface area contributed by atoms with Crippen molar-refractivity contribution in [3.05, 3.63) is 94.6 Å². The Morgan fingerprint density at radius 1 is 1.22 bits per heavy atom. The van der Waals surface area contributed by atoms with Gasteiger partial charge in [-0.25, -0.2) is 9.79 Å². The summed E-state index contributed by atoms with van der Waals surface area (Å²) in [6, 6.07) is 10.8. The van der Waals surface area contributed by atoms with Crippen LogP contribution >= 0.6 is 34.5 Å². The largest absolute Gasteiger partial charge is 0.507 e. The fraction of sp³-hybridized carbons (Fsp3) is 0.174. The van der Waals surface area contributed by atoms with Crippen molar-refractivity contribution < 1.29 is 14.6 Å². The maximum absolute atomic E-state index is 13.5. The predicted molar refractivity (Wildman–Crippen MR) is 125 cm³/mol. The first-order valence-electron chi connectivity index (χ1n) is 9.73. The fourth-order valence-electron chi connectivity index (χ4n) is 3.53. The minimum atomic E-state index is -0.724. The summed E-state index contributed by atoms with van der Waals surface area (Å²) in [5.41, 5.74) is 1.53. The van der Waals surface area contributed by atoms with Crippen molar-refractivity contribution in [2.45, 2.75) is 19.9 Å². The molecule has 3 aromatic rings. The molecule has 0 saturated carbocycles. The second kappa shape index (κ2) is 8.94. The highest BCUT2D eigenvalue weighted by atomic mass is 35.5. The predicted octanol–water partition coefficient (Wildman–Crippen LogP) is 3.81. The first kappa shape index (κ1) is 22.3. The standard InChI is InChI=1S/C23H18Cl2N2O4S/c1-3-31-22(30)19-12(2)26-23-27(20(19)13-4-6-15(24)7-5-13)21(29)18(32-23)11-14-10-16(25)8-9-17(14)28/h4-11,20,28H,3H2,1-2H3/t20-/m0/s1. The van der Waals surface area contributed by atoms with Crippen LogP contribution in [-0.2, 0) is 9.53 Å². The van der Waals surface area contributed by atoms with Crippen LogP contribution in [0.3, 0.4) is 0 Å². The molecule has 2 aromatic carbocycles. The Morgan fingerprint density at radius 3 is 2.59 bits per heavy atom. The number of aromatic hydroxyl groups is 1. The number of halogens is 2. The van der Waals surface area contributed by atoms with Gasteiger partial charge in [0, 0.05) is 15.6 Å². The average molecular weight is 489 g/mol. The molecule has 1 N–H and O–H groups in total. The lowest BCUT2D eigenvalue weighted by molar-refractivity contribution is -0.139. The number of phenols is 1. The Kier molecular flexibility index (Phi) is 6.24. The molecule has 6 nitrogen and oxygen atoms in total. The van der Waals surface area contributed by atoms with E-state index in [2.05, 4.69) is 4.99 Å². The van der Waals surface area contributed by atoms with Gasteiger partial charge in [-0.05, 0) is 55.8 Å². The molecule has 0 unspecified atom stereocenters. The third-order valence-electron chi connectivity index (χ3n) is 4.98. The van der Waals surface area contributed by atoms with Crippen LogP contribution in [0.25, 0.3) is 6.08 Å². The van der Waals surface area contributed by atoms with E-state index in [0.717, 1.165) is 0 Å². The number of aromatic nitrogens is 1. The number of benzene rings is 2. The average Bonchev–Trinajstić information content (AvgIpc) is 3.05. The van der Waals surface area contributed by atoms with E-state index >= 15 is 0 Å². The third-order valence-corrected chi connectivity index (χ3v) is 6.45. The summed E-state index contributed by atoms with van der Waals surface area (Å²) in [5, 5.41) is 11.1. The number of fused-ring (bicyclic) bond motifs is 1. The number of ether oxygens (including phenoxy) is 1. The van der Waals surface area contributed by atoms with Gasteiger partial charge in [0.25, 0.3) is 5.56 Å². The van der Waals surface area contributed by atoms with E-state index in [4.69, 9.17) is 27.9 Å². The maximum atomic E-state index is 13.5. The van der Waals surface area contributed by atoms with Gasteiger partial charge >= 0.3 is 5.97 Å². The third kappa shape index (κ3) is 4.11. The summed E-state index contributed by atoms with van der Waals surface area (Å²) in [6.45, 7) is 3.63. The van der Waals surface area contributed by atoms with Gasteiger partial charge in [-0.3, -0.25) is 9.36 Å². The first-order chi connectivity index (χ1) is 15.3. The Balaban J connectivity index is 1.97. The number of nitrogens with zero attached hydrogens (tertiary/aromatic N) is 2. The van der Waals surface area contributed by atoms with Crippen LogP contribution in [0.2, 0.25) is 10.0 Å². The summed E-state index contributed by atoms with van der Waals surface area (Å²) in [5.74, 6) is -0.534. The number of carbonyl (C=O) groups is 1. The zero-order valence-electron chi connectivity index (χ0n) is 17.1. The second-order valence-electron chi connectivity index (χ2n) is 7.06. The number of hydrogen-bond donors (Lipinski definition) is 1. The van der Waals surface area contributed by atoms with Gasteiger partial charge in [-0.2, -0.15) is 0 Å². The summed E-state index contributed by atoms with van der Waals surface area (Å²) >= 11 is 13.3. The Hall–Kier alpha value is -2.87. The van der Waals surface area contributed by atoms with Crippen LogP contribution < -0.4 is 14.9 Å². The topological polar surface area (TPSA) is 80.9 Å². The van der Waals surface area contributed by atoms with Crippen LogP contribution in [0.5, 0.6) is 5.75 Å². The van der Waals surface area contributed by atoms with E-state index in [1.165, 1.54) is 22.0 Å². The molecule has 32 heavy (non-hydrogen) atoms. The molecule has 0 fully saturated rings.